The summed E-state index contributed by atoms with van der Waals surface area (Å²) in [6.07, 6.45) is 1.54. The second-order valence-electron chi connectivity index (χ2n) is 2.66. The Morgan fingerprint density at radius 2 is 2.15 bits per heavy atom. The quantitative estimate of drug-likeness (QED) is 0.620. The molecule has 1 rings (SSSR count). The first-order valence-electron chi connectivity index (χ1n) is 3.68. The van der Waals surface area contributed by atoms with Crippen LogP contribution in [-0.4, -0.2) is 0 Å². The second-order valence-corrected chi connectivity index (χ2v) is 3.51. The van der Waals surface area contributed by atoms with Crippen LogP contribution in [0.4, 0.5) is 10.1 Å². The van der Waals surface area contributed by atoms with Gasteiger partial charge in [0.1, 0.15) is 5.82 Å². The van der Waals surface area contributed by atoms with Gasteiger partial charge in [-0.1, -0.05) is 6.08 Å². The minimum Gasteiger partial charge on any atom is -0.395 e. The zero-order valence-electron chi connectivity index (χ0n) is 6.93. The number of rotatable bonds is 2. The van der Waals surface area contributed by atoms with E-state index < -0.39 is 5.82 Å². The van der Waals surface area contributed by atoms with Crippen LogP contribution in [0, 0.1) is 5.82 Å². The van der Waals surface area contributed by atoms with Crippen LogP contribution >= 0.6 is 15.9 Å². The number of halogens is 2. The van der Waals surface area contributed by atoms with Crippen LogP contribution in [0.25, 0.3) is 0 Å². The monoisotopic (exact) mass is 244 g/mol. The van der Waals surface area contributed by atoms with Gasteiger partial charge in [0.2, 0.25) is 0 Å². The fourth-order valence-electron chi connectivity index (χ4n) is 0.932. The molecular weight excluding hydrogens is 235 g/mol. The van der Waals surface area contributed by atoms with Crippen LogP contribution < -0.4 is 11.5 Å². The van der Waals surface area contributed by atoms with Crippen molar-refractivity contribution in [2.45, 2.75) is 6.04 Å². The lowest BCUT2D eigenvalue weighted by atomic mass is 10.1. The van der Waals surface area contributed by atoms with Crippen LogP contribution in [0.1, 0.15) is 11.6 Å². The molecule has 0 spiro atoms. The van der Waals surface area contributed by atoms with E-state index in [4.69, 9.17) is 11.5 Å². The Bertz CT molecular complexity index is 315. The largest absolute Gasteiger partial charge is 0.395 e. The van der Waals surface area contributed by atoms with E-state index in [2.05, 4.69) is 22.5 Å². The third-order valence-corrected chi connectivity index (χ3v) is 2.40. The van der Waals surface area contributed by atoms with Crippen LogP contribution in [0.15, 0.2) is 29.3 Å². The lowest BCUT2D eigenvalue weighted by Crippen LogP contribution is -2.07. The van der Waals surface area contributed by atoms with Crippen LogP contribution in [-0.2, 0) is 0 Å². The van der Waals surface area contributed by atoms with Crippen LogP contribution in [0.3, 0.4) is 0 Å². The van der Waals surface area contributed by atoms with Gasteiger partial charge in [-0.05, 0) is 33.6 Å². The van der Waals surface area contributed by atoms with Crippen molar-refractivity contribution in [1.29, 1.82) is 0 Å². The molecule has 0 fully saturated rings. The van der Waals surface area contributed by atoms with Gasteiger partial charge in [-0.15, -0.1) is 6.58 Å². The Hall–Kier alpha value is -0.870. The molecule has 0 aromatic heterocycles. The van der Waals surface area contributed by atoms with Crippen molar-refractivity contribution in [3.63, 3.8) is 0 Å². The molecule has 4 heteroatoms. The summed E-state index contributed by atoms with van der Waals surface area (Å²) < 4.78 is 13.6. The van der Waals surface area contributed by atoms with Gasteiger partial charge in [0, 0.05) is 10.5 Å². The molecule has 0 saturated heterocycles. The highest BCUT2D eigenvalue weighted by Crippen LogP contribution is 2.26. The fourth-order valence-corrected chi connectivity index (χ4v) is 1.39. The summed E-state index contributed by atoms with van der Waals surface area (Å²) in [6.45, 7) is 3.52. The number of hydrogen-bond acceptors (Lipinski definition) is 2. The first kappa shape index (κ1) is 10.2. The third kappa shape index (κ3) is 2.08. The summed E-state index contributed by atoms with van der Waals surface area (Å²) in [4.78, 5) is 0. The van der Waals surface area contributed by atoms with Gasteiger partial charge in [-0.2, -0.15) is 0 Å². The number of nitrogen functional groups attached to an aromatic ring is 1. The molecule has 0 aliphatic rings. The zero-order chi connectivity index (χ0) is 10.0. The predicted octanol–water partition coefficient (Wildman–Crippen LogP) is 2.36. The van der Waals surface area contributed by atoms with Crippen LogP contribution in [0.2, 0.25) is 0 Å². The van der Waals surface area contributed by atoms with Crippen molar-refractivity contribution < 1.29 is 4.39 Å². The molecule has 0 heterocycles. The second kappa shape index (κ2) is 3.89. The lowest BCUT2D eigenvalue weighted by Gasteiger charge is -2.09. The van der Waals surface area contributed by atoms with Gasteiger partial charge in [-0.25, -0.2) is 4.39 Å². The molecule has 0 bridgehead atoms. The Labute approximate surface area is 84.5 Å². The molecule has 0 aliphatic heterocycles. The molecule has 2 nitrogen and oxygen atoms in total. The van der Waals surface area contributed by atoms with E-state index in [9.17, 15) is 4.39 Å². The molecule has 1 aromatic rings. The van der Waals surface area contributed by atoms with Crippen molar-refractivity contribution in [2.24, 2.45) is 5.73 Å². The normalized spacial score (nSPS) is 12.5. The zero-order valence-corrected chi connectivity index (χ0v) is 8.51. The van der Waals surface area contributed by atoms with Gasteiger partial charge in [0.25, 0.3) is 0 Å². The molecular formula is C9H10BrFN2. The Morgan fingerprint density at radius 3 is 2.62 bits per heavy atom. The van der Waals surface area contributed by atoms with Gasteiger partial charge >= 0.3 is 0 Å². The lowest BCUT2D eigenvalue weighted by molar-refractivity contribution is 0.628. The number of anilines is 1. The fraction of sp³-hybridized carbons (Fsp3) is 0.111. The van der Waals surface area contributed by atoms with Crippen molar-refractivity contribution in [3.05, 3.63) is 40.6 Å². The maximum Gasteiger partial charge on any atom is 0.147 e. The Balaban J connectivity index is 3.20. The molecule has 1 aromatic carbocycles. The SMILES string of the molecule is C=C[C@@H](N)c1cc(F)c(N)c(Br)c1. The maximum absolute atomic E-state index is 13.1. The van der Waals surface area contributed by atoms with Gasteiger partial charge in [-0.3, -0.25) is 0 Å². The van der Waals surface area contributed by atoms with Crippen molar-refractivity contribution >= 4 is 21.6 Å². The summed E-state index contributed by atoms with van der Waals surface area (Å²) in [7, 11) is 0. The van der Waals surface area contributed by atoms with E-state index in [1.54, 1.807) is 6.07 Å². The number of benzene rings is 1. The molecule has 1 atom stereocenters. The van der Waals surface area contributed by atoms with E-state index in [1.807, 2.05) is 0 Å². The predicted molar refractivity (Wildman–Crippen MR) is 55.6 cm³/mol. The van der Waals surface area contributed by atoms with Crippen molar-refractivity contribution in [1.82, 2.24) is 0 Å². The standard InChI is InChI=1S/C9H10BrFN2/c1-2-8(12)5-3-6(10)9(13)7(11)4-5/h2-4,8H,1,12-13H2/t8-/m1/s1. The molecule has 0 amide bonds. The minimum atomic E-state index is -0.471. The van der Waals surface area contributed by atoms with E-state index in [0.717, 1.165) is 0 Å². The Kier molecular flexibility index (Phi) is 3.06. The first-order valence-corrected chi connectivity index (χ1v) is 4.48. The summed E-state index contributed by atoms with van der Waals surface area (Å²) >= 11 is 3.14. The molecule has 0 unspecified atom stereocenters. The molecule has 4 N–H and O–H groups in total. The third-order valence-electron chi connectivity index (χ3n) is 1.74. The van der Waals surface area contributed by atoms with E-state index >= 15 is 0 Å². The molecule has 70 valence electrons. The molecule has 0 aliphatic carbocycles. The van der Waals surface area contributed by atoms with Gasteiger partial charge < -0.3 is 11.5 Å². The molecule has 0 saturated carbocycles. The highest BCUT2D eigenvalue weighted by atomic mass is 79.9. The molecule has 0 radical (unpaired) electrons. The number of nitrogens with two attached hydrogens (primary N) is 2. The Morgan fingerprint density at radius 1 is 1.54 bits per heavy atom. The first-order chi connectivity index (χ1) is 6.06. The number of hydrogen-bond donors (Lipinski definition) is 2. The molecule has 13 heavy (non-hydrogen) atoms. The summed E-state index contributed by atoms with van der Waals surface area (Å²) in [6, 6.07) is 2.63. The van der Waals surface area contributed by atoms with Crippen molar-refractivity contribution in [2.75, 3.05) is 5.73 Å². The van der Waals surface area contributed by atoms with E-state index in [-0.39, 0.29) is 11.7 Å². The van der Waals surface area contributed by atoms with E-state index in [1.165, 1.54) is 12.1 Å². The highest BCUT2D eigenvalue weighted by molar-refractivity contribution is 9.10. The van der Waals surface area contributed by atoms with Gasteiger partial charge in [0.15, 0.2) is 0 Å². The summed E-state index contributed by atoms with van der Waals surface area (Å²) in [5.74, 6) is -0.471. The maximum atomic E-state index is 13.1. The van der Waals surface area contributed by atoms with Crippen LogP contribution in [0.5, 0.6) is 0 Å². The minimum absolute atomic E-state index is 0.0972. The average Bonchev–Trinajstić information content (AvgIpc) is 2.12. The van der Waals surface area contributed by atoms with Gasteiger partial charge in [0.05, 0.1) is 5.69 Å². The average molecular weight is 245 g/mol. The summed E-state index contributed by atoms with van der Waals surface area (Å²) in [5.41, 5.74) is 11.8. The smallest absolute Gasteiger partial charge is 0.147 e. The summed E-state index contributed by atoms with van der Waals surface area (Å²) in [5, 5.41) is 0. The van der Waals surface area contributed by atoms with Crippen molar-refractivity contribution in [3.8, 4) is 0 Å². The topological polar surface area (TPSA) is 52.0 Å². The highest BCUT2D eigenvalue weighted by Gasteiger charge is 2.08. The van der Waals surface area contributed by atoms with E-state index in [0.29, 0.717) is 10.0 Å².